The van der Waals surface area contributed by atoms with E-state index < -0.39 is 10.0 Å². The first-order valence-corrected chi connectivity index (χ1v) is 11.1. The highest BCUT2D eigenvalue weighted by Gasteiger charge is 2.13. The van der Waals surface area contributed by atoms with Crippen molar-refractivity contribution >= 4 is 27.6 Å². The van der Waals surface area contributed by atoms with Crippen LogP contribution in [-0.2, 0) is 27.8 Å². The summed E-state index contributed by atoms with van der Waals surface area (Å²) < 4.78 is 32.1. The van der Waals surface area contributed by atoms with Gasteiger partial charge in [0.05, 0.1) is 18.0 Å². The summed E-state index contributed by atoms with van der Waals surface area (Å²) in [5.41, 5.74) is 1.87. The number of sulfonamides is 1. The Morgan fingerprint density at radius 2 is 1.86 bits per heavy atom. The van der Waals surface area contributed by atoms with Crippen molar-refractivity contribution in [2.75, 3.05) is 26.8 Å². The Morgan fingerprint density at radius 1 is 1.10 bits per heavy atom. The van der Waals surface area contributed by atoms with E-state index in [0.717, 1.165) is 11.1 Å². The van der Waals surface area contributed by atoms with Crippen molar-refractivity contribution in [3.05, 3.63) is 64.7 Å². The lowest BCUT2D eigenvalue weighted by Gasteiger charge is -2.12. The molecule has 7 nitrogen and oxygen atoms in total. The maximum absolute atomic E-state index is 12.3. The minimum Gasteiger partial charge on any atom is -0.383 e. The molecule has 2 rings (SSSR count). The van der Waals surface area contributed by atoms with E-state index in [9.17, 15) is 8.42 Å². The minimum absolute atomic E-state index is 0.209. The fraction of sp³-hybridized carbons (Fsp3) is 0.350. The van der Waals surface area contributed by atoms with Gasteiger partial charge in [0.2, 0.25) is 10.0 Å². The number of nitrogens with one attached hydrogen (secondary N) is 3. The van der Waals surface area contributed by atoms with E-state index in [-0.39, 0.29) is 11.4 Å². The lowest BCUT2D eigenvalue weighted by Crippen LogP contribution is -2.36. The normalized spacial score (nSPS) is 12.0. The molecule has 0 aliphatic heterocycles. The molecule has 0 atom stereocenters. The Bertz CT molecular complexity index is 902. The lowest BCUT2D eigenvalue weighted by molar-refractivity contribution is 0.204. The van der Waals surface area contributed by atoms with Crippen LogP contribution in [0.1, 0.15) is 18.1 Å². The van der Waals surface area contributed by atoms with Crippen molar-refractivity contribution in [1.82, 2.24) is 15.4 Å². The summed E-state index contributed by atoms with van der Waals surface area (Å²) in [6, 6.07) is 14.3. The van der Waals surface area contributed by atoms with Gasteiger partial charge in [-0.1, -0.05) is 35.9 Å². The van der Waals surface area contributed by atoms with E-state index in [0.29, 0.717) is 37.2 Å². The van der Waals surface area contributed by atoms with Gasteiger partial charge >= 0.3 is 0 Å². The van der Waals surface area contributed by atoms with Crippen LogP contribution in [0.4, 0.5) is 0 Å². The van der Waals surface area contributed by atoms with Crippen LogP contribution in [0.2, 0.25) is 5.02 Å². The van der Waals surface area contributed by atoms with Gasteiger partial charge < -0.3 is 15.4 Å². The van der Waals surface area contributed by atoms with E-state index in [4.69, 9.17) is 16.3 Å². The Hall–Kier alpha value is -2.13. The molecule has 0 amide bonds. The number of benzene rings is 2. The van der Waals surface area contributed by atoms with Crippen LogP contribution in [0.5, 0.6) is 0 Å². The maximum Gasteiger partial charge on any atom is 0.240 e. The second kappa shape index (κ2) is 11.8. The van der Waals surface area contributed by atoms with Gasteiger partial charge in [0.25, 0.3) is 0 Å². The smallest absolute Gasteiger partial charge is 0.240 e. The number of nitrogens with zero attached hydrogens (tertiary/aromatic N) is 1. The van der Waals surface area contributed by atoms with E-state index in [2.05, 4.69) is 20.3 Å². The fourth-order valence-electron chi connectivity index (χ4n) is 2.47. The van der Waals surface area contributed by atoms with Crippen LogP contribution in [-0.4, -0.2) is 41.2 Å². The van der Waals surface area contributed by atoms with E-state index in [1.807, 2.05) is 37.3 Å². The van der Waals surface area contributed by atoms with Gasteiger partial charge in [-0.25, -0.2) is 18.1 Å². The molecule has 0 aliphatic rings. The molecule has 0 spiro atoms. The molecule has 9 heteroatoms. The standard InChI is InChI=1S/C20H27ClN4O3S/c1-3-22-20(23-14-16-7-9-18(21)10-8-16)24-15-17-5-4-6-19(13-17)29(26,27)25-11-12-28-2/h4-10,13,25H,3,11-12,14-15H2,1-2H3,(H2,22,23,24). The SMILES string of the molecule is CCNC(=NCc1cccc(S(=O)(=O)NCCOC)c1)NCc1ccc(Cl)cc1. The molecule has 0 fully saturated rings. The number of hydrogen-bond acceptors (Lipinski definition) is 4. The maximum atomic E-state index is 12.3. The zero-order chi connectivity index (χ0) is 21.1. The van der Waals surface area contributed by atoms with Crippen LogP contribution < -0.4 is 15.4 Å². The fourth-order valence-corrected chi connectivity index (χ4v) is 3.68. The van der Waals surface area contributed by atoms with Gasteiger partial charge in [0.1, 0.15) is 0 Å². The molecular formula is C20H27ClN4O3S. The molecule has 0 saturated heterocycles. The van der Waals surface area contributed by atoms with Crippen LogP contribution in [0.25, 0.3) is 0 Å². The Kier molecular flexibility index (Phi) is 9.40. The van der Waals surface area contributed by atoms with Crippen molar-refractivity contribution in [3.8, 4) is 0 Å². The topological polar surface area (TPSA) is 91.8 Å². The molecule has 0 radical (unpaired) electrons. The van der Waals surface area contributed by atoms with Gasteiger partial charge in [-0.15, -0.1) is 0 Å². The van der Waals surface area contributed by atoms with Crippen molar-refractivity contribution in [2.45, 2.75) is 24.9 Å². The van der Waals surface area contributed by atoms with Crippen molar-refractivity contribution in [3.63, 3.8) is 0 Å². The molecule has 0 aliphatic carbocycles. The van der Waals surface area contributed by atoms with Gasteiger partial charge in [-0.3, -0.25) is 0 Å². The predicted octanol–water partition coefficient (Wildman–Crippen LogP) is 2.52. The Labute approximate surface area is 177 Å². The van der Waals surface area contributed by atoms with Crippen molar-refractivity contribution < 1.29 is 13.2 Å². The number of aliphatic imine (C=N–C) groups is 1. The van der Waals surface area contributed by atoms with Crippen molar-refractivity contribution in [1.29, 1.82) is 0 Å². The van der Waals surface area contributed by atoms with Crippen LogP contribution in [0.15, 0.2) is 58.4 Å². The number of ether oxygens (including phenoxy) is 1. The summed E-state index contributed by atoms with van der Waals surface area (Å²) in [6.45, 7) is 4.18. The molecule has 0 aromatic heterocycles. The molecule has 2 aromatic carbocycles. The third kappa shape index (κ3) is 8.02. The molecular weight excluding hydrogens is 412 g/mol. The summed E-state index contributed by atoms with van der Waals surface area (Å²) in [5.74, 6) is 0.647. The second-order valence-corrected chi connectivity index (χ2v) is 8.42. The average Bonchev–Trinajstić information content (AvgIpc) is 2.71. The summed E-state index contributed by atoms with van der Waals surface area (Å²) in [6.07, 6.45) is 0. The largest absolute Gasteiger partial charge is 0.383 e. The predicted molar refractivity (Wildman–Crippen MR) is 117 cm³/mol. The first kappa shape index (κ1) is 23.2. The highest BCUT2D eigenvalue weighted by atomic mass is 35.5. The van der Waals surface area contributed by atoms with E-state index >= 15 is 0 Å². The number of rotatable bonds is 10. The molecule has 0 bridgehead atoms. The number of hydrogen-bond donors (Lipinski definition) is 3. The third-order valence-corrected chi connectivity index (χ3v) is 5.65. The quantitative estimate of drug-likeness (QED) is 0.301. The first-order valence-electron chi connectivity index (χ1n) is 9.28. The molecule has 3 N–H and O–H groups in total. The number of guanidine groups is 1. The molecule has 0 saturated carbocycles. The Morgan fingerprint density at radius 3 is 2.55 bits per heavy atom. The number of methoxy groups -OCH3 is 1. The number of halogens is 1. The van der Waals surface area contributed by atoms with Crippen LogP contribution in [0.3, 0.4) is 0 Å². The first-order chi connectivity index (χ1) is 13.9. The Balaban J connectivity index is 2.03. The molecule has 2 aromatic rings. The van der Waals surface area contributed by atoms with E-state index in [1.54, 1.807) is 18.2 Å². The molecule has 0 unspecified atom stereocenters. The molecule has 29 heavy (non-hydrogen) atoms. The van der Waals surface area contributed by atoms with Gasteiger partial charge in [0.15, 0.2) is 5.96 Å². The van der Waals surface area contributed by atoms with Gasteiger partial charge in [-0.05, 0) is 42.3 Å². The molecule has 158 valence electrons. The monoisotopic (exact) mass is 438 g/mol. The highest BCUT2D eigenvalue weighted by Crippen LogP contribution is 2.12. The summed E-state index contributed by atoms with van der Waals surface area (Å²) in [7, 11) is -2.05. The van der Waals surface area contributed by atoms with E-state index in [1.165, 1.54) is 7.11 Å². The summed E-state index contributed by atoms with van der Waals surface area (Å²) in [5, 5.41) is 7.13. The summed E-state index contributed by atoms with van der Waals surface area (Å²) in [4.78, 5) is 4.76. The van der Waals surface area contributed by atoms with Gasteiger partial charge in [-0.2, -0.15) is 0 Å². The minimum atomic E-state index is -3.57. The second-order valence-electron chi connectivity index (χ2n) is 6.21. The average molecular weight is 439 g/mol. The highest BCUT2D eigenvalue weighted by molar-refractivity contribution is 7.89. The zero-order valence-electron chi connectivity index (χ0n) is 16.6. The van der Waals surface area contributed by atoms with Crippen molar-refractivity contribution in [2.24, 2.45) is 4.99 Å². The van der Waals surface area contributed by atoms with Crippen LogP contribution in [0, 0.1) is 0 Å². The summed E-state index contributed by atoms with van der Waals surface area (Å²) >= 11 is 5.91. The van der Waals surface area contributed by atoms with Gasteiger partial charge in [0, 0.05) is 31.8 Å². The molecule has 0 heterocycles. The third-order valence-electron chi connectivity index (χ3n) is 3.94. The van der Waals surface area contributed by atoms with Crippen LogP contribution >= 0.6 is 11.6 Å². The lowest BCUT2D eigenvalue weighted by atomic mass is 10.2. The zero-order valence-corrected chi connectivity index (χ0v) is 18.2.